The van der Waals surface area contributed by atoms with Gasteiger partial charge in [0, 0.05) is 6.61 Å². The molecule has 2 atom stereocenters. The third-order valence-corrected chi connectivity index (χ3v) is 7.46. The molecule has 2 heterocycles. The van der Waals surface area contributed by atoms with Crippen molar-refractivity contribution in [3.63, 3.8) is 0 Å². The fraction of sp³-hybridized carbons (Fsp3) is 0.391. The summed E-state index contributed by atoms with van der Waals surface area (Å²) in [5.74, 6) is 2.00. The highest BCUT2D eigenvalue weighted by molar-refractivity contribution is 7.92. The minimum Gasteiger partial charge on any atom is -0.497 e. The number of ether oxygens (including phenoxy) is 4. The average Bonchev–Trinajstić information content (AvgIpc) is 3.52. The van der Waals surface area contributed by atoms with Gasteiger partial charge in [0.2, 0.25) is 16.0 Å². The molecule has 3 aromatic rings. The van der Waals surface area contributed by atoms with Gasteiger partial charge in [0.15, 0.2) is 5.82 Å². The monoisotopic (exact) mass is 488 g/mol. The van der Waals surface area contributed by atoms with Crippen LogP contribution in [-0.4, -0.2) is 51.1 Å². The van der Waals surface area contributed by atoms with E-state index < -0.39 is 15.3 Å². The Balaban J connectivity index is 1.80. The van der Waals surface area contributed by atoms with Crippen LogP contribution in [-0.2, 0) is 14.8 Å². The van der Waals surface area contributed by atoms with Crippen molar-refractivity contribution < 1.29 is 27.4 Å². The van der Waals surface area contributed by atoms with Crippen molar-refractivity contribution in [2.24, 2.45) is 0 Å². The first-order valence-electron chi connectivity index (χ1n) is 10.8. The molecule has 0 aliphatic carbocycles. The number of hydrogen-bond donors (Lipinski definition) is 1. The third-order valence-electron chi connectivity index (χ3n) is 5.79. The lowest BCUT2D eigenvalue weighted by atomic mass is 10.1. The minimum atomic E-state index is -3.92. The van der Waals surface area contributed by atoms with Crippen LogP contribution in [0.4, 0.5) is 5.95 Å². The SMILES string of the molecule is COc1cccc(C(C)S(=O)(=O)Nc2nnc([C@H]3CCCO3)n2-c2c(OC)cccc2OC)c1. The molecule has 0 spiro atoms. The summed E-state index contributed by atoms with van der Waals surface area (Å²) in [6.07, 6.45) is 1.27. The predicted octanol–water partition coefficient (Wildman–Crippen LogP) is 3.65. The standard InChI is InChI=1S/C23H28N4O6S/c1-15(16-8-5-9-17(14-16)30-2)34(28,29)26-23-25-24-22(20-12-7-13-33-20)27(23)21-18(31-3)10-6-11-19(21)32-4/h5-6,8-11,14-15,20H,7,12-13H2,1-4H3,(H,25,26)/t15?,20-/m1/s1. The van der Waals surface area contributed by atoms with E-state index in [2.05, 4.69) is 14.9 Å². The van der Waals surface area contributed by atoms with Gasteiger partial charge >= 0.3 is 0 Å². The van der Waals surface area contributed by atoms with E-state index in [9.17, 15) is 8.42 Å². The zero-order valence-electron chi connectivity index (χ0n) is 19.5. The number of aromatic nitrogens is 3. The van der Waals surface area contributed by atoms with E-state index in [4.69, 9.17) is 18.9 Å². The Morgan fingerprint density at radius 1 is 1.06 bits per heavy atom. The van der Waals surface area contributed by atoms with Crippen LogP contribution in [0.5, 0.6) is 17.2 Å². The van der Waals surface area contributed by atoms with E-state index in [-0.39, 0.29) is 12.1 Å². The Morgan fingerprint density at radius 3 is 2.38 bits per heavy atom. The van der Waals surface area contributed by atoms with E-state index in [1.54, 1.807) is 54.0 Å². The molecule has 4 rings (SSSR count). The number of nitrogens with one attached hydrogen (secondary N) is 1. The summed E-state index contributed by atoms with van der Waals surface area (Å²) in [5.41, 5.74) is 1.06. The second-order valence-electron chi connectivity index (χ2n) is 7.80. The number of sulfonamides is 1. The van der Waals surface area contributed by atoms with Crippen LogP contribution in [0.1, 0.15) is 42.5 Å². The van der Waals surface area contributed by atoms with Crippen LogP contribution in [0.15, 0.2) is 42.5 Å². The molecular weight excluding hydrogens is 460 g/mol. The number of methoxy groups -OCH3 is 3. The van der Waals surface area contributed by atoms with Gasteiger partial charge in [-0.1, -0.05) is 18.2 Å². The number of hydrogen-bond acceptors (Lipinski definition) is 8. The molecule has 11 heteroatoms. The summed E-state index contributed by atoms with van der Waals surface area (Å²) in [4.78, 5) is 0. The van der Waals surface area contributed by atoms with Gasteiger partial charge in [0.25, 0.3) is 0 Å². The smallest absolute Gasteiger partial charge is 0.243 e. The molecule has 0 bridgehead atoms. The van der Waals surface area contributed by atoms with Gasteiger partial charge in [0.05, 0.1) is 21.3 Å². The summed E-state index contributed by atoms with van der Waals surface area (Å²) in [6.45, 7) is 2.19. The molecular formula is C23H28N4O6S. The lowest BCUT2D eigenvalue weighted by molar-refractivity contribution is 0.103. The first-order chi connectivity index (χ1) is 16.4. The van der Waals surface area contributed by atoms with E-state index >= 15 is 0 Å². The summed E-state index contributed by atoms with van der Waals surface area (Å²) in [7, 11) is 0.673. The molecule has 1 fully saturated rings. The molecule has 1 N–H and O–H groups in total. The molecule has 1 unspecified atom stereocenters. The maximum atomic E-state index is 13.4. The molecule has 1 aliphatic rings. The second-order valence-corrected chi connectivity index (χ2v) is 9.80. The number of para-hydroxylation sites is 1. The van der Waals surface area contributed by atoms with E-state index in [0.717, 1.165) is 12.8 Å². The van der Waals surface area contributed by atoms with Crippen molar-refractivity contribution in [1.29, 1.82) is 0 Å². The van der Waals surface area contributed by atoms with Crippen LogP contribution in [0, 0.1) is 0 Å². The molecule has 2 aromatic carbocycles. The number of anilines is 1. The third kappa shape index (κ3) is 4.53. The highest BCUT2D eigenvalue weighted by Crippen LogP contribution is 2.39. The van der Waals surface area contributed by atoms with Crippen molar-refractivity contribution in [2.45, 2.75) is 31.1 Å². The molecule has 0 saturated carbocycles. The van der Waals surface area contributed by atoms with Gasteiger partial charge in [-0.15, -0.1) is 10.2 Å². The maximum Gasteiger partial charge on any atom is 0.243 e. The lowest BCUT2D eigenvalue weighted by Gasteiger charge is -2.20. The van der Waals surface area contributed by atoms with Crippen molar-refractivity contribution in [1.82, 2.24) is 14.8 Å². The highest BCUT2D eigenvalue weighted by atomic mass is 32.2. The Morgan fingerprint density at radius 2 is 1.76 bits per heavy atom. The van der Waals surface area contributed by atoms with Gasteiger partial charge in [-0.25, -0.2) is 8.42 Å². The zero-order chi connectivity index (χ0) is 24.3. The fourth-order valence-electron chi connectivity index (χ4n) is 3.91. The topological polar surface area (TPSA) is 114 Å². The number of nitrogens with zero attached hydrogens (tertiary/aromatic N) is 3. The normalized spacial score (nSPS) is 16.8. The van der Waals surface area contributed by atoms with Crippen LogP contribution in [0.3, 0.4) is 0 Å². The highest BCUT2D eigenvalue weighted by Gasteiger charge is 2.32. The number of benzene rings is 2. The molecule has 10 nitrogen and oxygen atoms in total. The van der Waals surface area contributed by atoms with Crippen molar-refractivity contribution in [3.05, 3.63) is 53.9 Å². The summed E-state index contributed by atoms with van der Waals surface area (Å²) < 4.78 is 53.2. The Labute approximate surface area is 198 Å². The molecule has 1 aliphatic heterocycles. The van der Waals surface area contributed by atoms with Gasteiger partial charge in [0.1, 0.15) is 34.3 Å². The lowest BCUT2D eigenvalue weighted by Crippen LogP contribution is -2.22. The average molecular weight is 489 g/mol. The van der Waals surface area contributed by atoms with E-state index in [1.807, 2.05) is 0 Å². The Hall–Kier alpha value is -3.31. The van der Waals surface area contributed by atoms with Gasteiger partial charge in [-0.2, -0.15) is 0 Å². The van der Waals surface area contributed by atoms with Crippen LogP contribution in [0.25, 0.3) is 5.69 Å². The summed E-state index contributed by atoms with van der Waals surface area (Å²) in [5, 5.41) is 7.60. The zero-order valence-corrected chi connectivity index (χ0v) is 20.3. The molecule has 34 heavy (non-hydrogen) atoms. The van der Waals surface area contributed by atoms with Gasteiger partial charge < -0.3 is 18.9 Å². The first kappa shape index (κ1) is 23.8. The van der Waals surface area contributed by atoms with E-state index in [1.165, 1.54) is 21.3 Å². The maximum absolute atomic E-state index is 13.4. The van der Waals surface area contributed by atoms with Crippen molar-refractivity contribution >= 4 is 16.0 Å². The molecule has 1 aromatic heterocycles. The largest absolute Gasteiger partial charge is 0.497 e. The van der Waals surface area contributed by atoms with Crippen LogP contribution >= 0.6 is 0 Å². The Bertz CT molecular complexity index is 1230. The van der Waals surface area contributed by atoms with Crippen LogP contribution in [0.2, 0.25) is 0 Å². The number of rotatable bonds is 9. The van der Waals surface area contributed by atoms with Crippen LogP contribution < -0.4 is 18.9 Å². The van der Waals surface area contributed by atoms with E-state index in [0.29, 0.717) is 40.9 Å². The molecule has 1 saturated heterocycles. The van der Waals surface area contributed by atoms with Crippen molar-refractivity contribution in [2.75, 3.05) is 32.7 Å². The van der Waals surface area contributed by atoms with Gasteiger partial charge in [-0.3, -0.25) is 9.29 Å². The molecule has 0 amide bonds. The minimum absolute atomic E-state index is 0.0167. The first-order valence-corrected chi connectivity index (χ1v) is 12.4. The quantitative estimate of drug-likeness (QED) is 0.486. The predicted molar refractivity (Wildman–Crippen MR) is 126 cm³/mol. The second kappa shape index (κ2) is 9.90. The van der Waals surface area contributed by atoms with Crippen molar-refractivity contribution in [3.8, 4) is 22.9 Å². The molecule has 182 valence electrons. The Kier molecular flexibility index (Phi) is 6.94. The summed E-state index contributed by atoms with van der Waals surface area (Å²) in [6, 6.07) is 12.2. The fourth-order valence-corrected chi connectivity index (χ4v) is 4.98. The summed E-state index contributed by atoms with van der Waals surface area (Å²) >= 11 is 0. The van der Waals surface area contributed by atoms with Gasteiger partial charge in [-0.05, 0) is 49.6 Å². The molecule has 0 radical (unpaired) electrons.